The van der Waals surface area contributed by atoms with Crippen LogP contribution in [0.2, 0.25) is 0 Å². The summed E-state index contributed by atoms with van der Waals surface area (Å²) in [7, 11) is 0. The van der Waals surface area contributed by atoms with Gasteiger partial charge in [0, 0.05) is 0 Å². The molecule has 0 amide bonds. The molecule has 174 valence electrons. The monoisotopic (exact) mass is 466 g/mol. The molecule has 1 aliphatic rings. The van der Waals surface area contributed by atoms with E-state index in [4.69, 9.17) is 0 Å². The van der Waals surface area contributed by atoms with Crippen LogP contribution in [-0.2, 0) is 19.3 Å². The molecule has 0 saturated heterocycles. The molecular formula is C26H21F7. The van der Waals surface area contributed by atoms with E-state index in [9.17, 15) is 26.3 Å². The largest absolute Gasteiger partial charge is 0.206 e. The molecule has 3 aromatic carbocycles. The van der Waals surface area contributed by atoms with Crippen molar-refractivity contribution in [3.63, 3.8) is 0 Å². The van der Waals surface area contributed by atoms with Crippen molar-refractivity contribution in [1.29, 1.82) is 0 Å². The molecule has 33 heavy (non-hydrogen) atoms. The summed E-state index contributed by atoms with van der Waals surface area (Å²) in [5, 5.41) is 0. The van der Waals surface area contributed by atoms with Crippen molar-refractivity contribution < 1.29 is 30.7 Å². The molecule has 1 unspecified atom stereocenters. The highest BCUT2D eigenvalue weighted by atomic mass is 19.2. The number of halogens is 7. The van der Waals surface area contributed by atoms with Gasteiger partial charge in [0.1, 0.15) is 11.6 Å². The second-order valence-corrected chi connectivity index (χ2v) is 8.42. The summed E-state index contributed by atoms with van der Waals surface area (Å²) in [4.78, 5) is 0. The van der Waals surface area contributed by atoms with Crippen LogP contribution in [-0.4, -0.2) is 0 Å². The zero-order chi connectivity index (χ0) is 23.9. The first-order chi connectivity index (χ1) is 15.7. The fourth-order valence-electron chi connectivity index (χ4n) is 4.56. The Balaban J connectivity index is 1.68. The first kappa shape index (κ1) is 23.3. The van der Waals surface area contributed by atoms with Gasteiger partial charge in [-0.3, -0.25) is 0 Å². The van der Waals surface area contributed by atoms with E-state index >= 15 is 4.39 Å². The molecule has 0 nitrogen and oxygen atoms in total. The second-order valence-electron chi connectivity index (χ2n) is 8.42. The van der Waals surface area contributed by atoms with E-state index in [0.29, 0.717) is 24.1 Å². The van der Waals surface area contributed by atoms with Crippen LogP contribution in [0.3, 0.4) is 0 Å². The number of hydrogen-bond acceptors (Lipinski definition) is 0. The van der Waals surface area contributed by atoms with Gasteiger partial charge in [-0.15, -0.1) is 0 Å². The van der Waals surface area contributed by atoms with Gasteiger partial charge in [0.05, 0.1) is 5.56 Å². The molecule has 0 N–H and O–H groups in total. The molecule has 1 aliphatic carbocycles. The minimum Gasteiger partial charge on any atom is -0.206 e. The van der Waals surface area contributed by atoms with Crippen molar-refractivity contribution in [2.24, 2.45) is 0 Å². The SMILES string of the molecule is CCCCc1ccc(C2CCc3c(cc(F)c(-c4cc(F)c(F)c(F)c4)c3F)C2)c(F)c1F. The average Bonchev–Trinajstić information content (AvgIpc) is 2.78. The van der Waals surface area contributed by atoms with E-state index in [1.54, 1.807) is 6.07 Å². The van der Waals surface area contributed by atoms with Gasteiger partial charge in [0.15, 0.2) is 29.1 Å². The molecular weight excluding hydrogens is 445 g/mol. The van der Waals surface area contributed by atoms with Gasteiger partial charge in [-0.05, 0) is 84.0 Å². The lowest BCUT2D eigenvalue weighted by Gasteiger charge is -2.27. The highest BCUT2D eigenvalue weighted by Crippen LogP contribution is 2.40. The molecule has 3 aromatic rings. The van der Waals surface area contributed by atoms with Crippen LogP contribution in [0.5, 0.6) is 0 Å². The van der Waals surface area contributed by atoms with Gasteiger partial charge in [-0.25, -0.2) is 30.7 Å². The number of benzene rings is 3. The minimum atomic E-state index is -1.73. The maximum absolute atomic E-state index is 15.2. The Labute approximate surface area is 187 Å². The smallest absolute Gasteiger partial charge is 0.194 e. The maximum Gasteiger partial charge on any atom is 0.194 e. The minimum absolute atomic E-state index is 0.0836. The average molecular weight is 466 g/mol. The van der Waals surface area contributed by atoms with Gasteiger partial charge < -0.3 is 0 Å². The fraction of sp³-hybridized carbons (Fsp3) is 0.308. The Morgan fingerprint density at radius 2 is 1.48 bits per heavy atom. The second kappa shape index (κ2) is 9.20. The molecule has 7 heteroatoms. The quantitative estimate of drug-likeness (QED) is 0.265. The summed E-state index contributed by atoms with van der Waals surface area (Å²) in [6, 6.07) is 5.21. The summed E-state index contributed by atoms with van der Waals surface area (Å²) in [6.07, 6.45) is 2.47. The predicted octanol–water partition coefficient (Wildman–Crippen LogP) is 7.94. The highest BCUT2D eigenvalue weighted by Gasteiger charge is 2.29. The summed E-state index contributed by atoms with van der Waals surface area (Å²) in [5.41, 5.74) is -0.221. The number of aryl methyl sites for hydroxylation is 1. The van der Waals surface area contributed by atoms with Crippen LogP contribution in [0.25, 0.3) is 11.1 Å². The highest BCUT2D eigenvalue weighted by molar-refractivity contribution is 5.67. The van der Waals surface area contributed by atoms with Gasteiger partial charge in [-0.1, -0.05) is 25.5 Å². The Bertz CT molecular complexity index is 1190. The van der Waals surface area contributed by atoms with Crippen molar-refractivity contribution in [2.45, 2.75) is 51.4 Å². The standard InChI is InChI=1S/C26H21F7/c1-2-3-4-13-5-7-17(25(32)23(13)30)14-6-8-18-15(9-14)10-19(27)22(24(18)31)16-11-20(28)26(33)21(29)12-16/h5,7,10-12,14H,2-4,6,8-9H2,1H3. The van der Waals surface area contributed by atoms with Crippen LogP contribution in [0.15, 0.2) is 30.3 Å². The van der Waals surface area contributed by atoms with Crippen LogP contribution in [0.4, 0.5) is 30.7 Å². The number of hydrogen-bond donors (Lipinski definition) is 0. The topological polar surface area (TPSA) is 0 Å². The molecule has 4 rings (SSSR count). The molecule has 0 bridgehead atoms. The van der Waals surface area contributed by atoms with Crippen LogP contribution in [0.1, 0.15) is 54.4 Å². The molecule has 0 spiro atoms. The summed E-state index contributed by atoms with van der Waals surface area (Å²) >= 11 is 0. The van der Waals surface area contributed by atoms with Crippen LogP contribution < -0.4 is 0 Å². The first-order valence-corrected chi connectivity index (χ1v) is 10.8. The number of unbranched alkanes of at least 4 members (excludes halogenated alkanes) is 1. The third kappa shape index (κ3) is 4.25. The lowest BCUT2D eigenvalue weighted by Crippen LogP contribution is -2.17. The summed E-state index contributed by atoms with van der Waals surface area (Å²) in [6.45, 7) is 1.95. The predicted molar refractivity (Wildman–Crippen MR) is 111 cm³/mol. The molecule has 0 saturated carbocycles. The Hall–Kier alpha value is -2.83. The third-order valence-electron chi connectivity index (χ3n) is 6.33. The number of rotatable bonds is 5. The Morgan fingerprint density at radius 1 is 0.788 bits per heavy atom. The molecule has 0 aliphatic heterocycles. The van der Waals surface area contributed by atoms with E-state index in [-0.39, 0.29) is 36.0 Å². The van der Waals surface area contributed by atoms with Crippen molar-refractivity contribution in [2.75, 3.05) is 0 Å². The molecule has 0 radical (unpaired) electrons. The van der Waals surface area contributed by atoms with Gasteiger partial charge in [0.2, 0.25) is 0 Å². The summed E-state index contributed by atoms with van der Waals surface area (Å²) < 4.78 is 99.8. The van der Waals surface area contributed by atoms with Gasteiger partial charge >= 0.3 is 0 Å². The first-order valence-electron chi connectivity index (χ1n) is 10.8. The third-order valence-corrected chi connectivity index (χ3v) is 6.33. The van der Waals surface area contributed by atoms with E-state index in [1.165, 1.54) is 6.07 Å². The van der Waals surface area contributed by atoms with Crippen molar-refractivity contribution in [3.05, 3.63) is 93.3 Å². The lowest BCUT2D eigenvalue weighted by atomic mass is 9.78. The number of fused-ring (bicyclic) bond motifs is 1. The van der Waals surface area contributed by atoms with Gasteiger partial charge in [-0.2, -0.15) is 0 Å². The lowest BCUT2D eigenvalue weighted by molar-refractivity contribution is 0.447. The zero-order valence-corrected chi connectivity index (χ0v) is 17.9. The van der Waals surface area contributed by atoms with Crippen molar-refractivity contribution in [3.8, 4) is 11.1 Å². The normalized spacial score (nSPS) is 15.6. The maximum atomic E-state index is 15.2. The van der Waals surface area contributed by atoms with E-state index in [0.717, 1.165) is 18.9 Å². The Kier molecular flexibility index (Phi) is 6.50. The Morgan fingerprint density at radius 3 is 2.15 bits per heavy atom. The van der Waals surface area contributed by atoms with Crippen molar-refractivity contribution >= 4 is 0 Å². The van der Waals surface area contributed by atoms with Gasteiger partial charge in [0.25, 0.3) is 0 Å². The van der Waals surface area contributed by atoms with Crippen LogP contribution in [0, 0.1) is 40.7 Å². The van der Waals surface area contributed by atoms with E-state index in [1.807, 2.05) is 6.92 Å². The van der Waals surface area contributed by atoms with E-state index in [2.05, 4.69) is 0 Å². The molecule has 0 fully saturated rings. The van der Waals surface area contributed by atoms with E-state index < -0.39 is 57.8 Å². The summed E-state index contributed by atoms with van der Waals surface area (Å²) in [5.74, 6) is -9.20. The molecule has 1 atom stereocenters. The molecule has 0 heterocycles. The molecule has 0 aromatic heterocycles. The fourth-order valence-corrected chi connectivity index (χ4v) is 4.56. The van der Waals surface area contributed by atoms with Crippen molar-refractivity contribution in [1.82, 2.24) is 0 Å². The van der Waals surface area contributed by atoms with Crippen LogP contribution >= 0.6 is 0 Å². The zero-order valence-electron chi connectivity index (χ0n) is 17.9.